The number of hydrogen-bond donors (Lipinski definition) is 0. The first-order valence-corrected chi connectivity index (χ1v) is 7.53. The van der Waals surface area contributed by atoms with Crippen molar-refractivity contribution < 1.29 is 17.5 Å². The van der Waals surface area contributed by atoms with Gasteiger partial charge in [0.2, 0.25) is 0 Å². The molecule has 4 nitrogen and oxygen atoms in total. The smallest absolute Gasteiger partial charge is 0.264 e. The van der Waals surface area contributed by atoms with Gasteiger partial charge in [-0.05, 0) is 24.3 Å². The molecule has 0 aromatic heterocycles. The molecule has 0 fully saturated rings. The minimum Gasteiger partial charge on any atom is -0.489 e. The third kappa shape index (κ3) is 2.12. The normalized spacial score (nSPS) is 14.6. The first-order chi connectivity index (χ1) is 9.59. The van der Waals surface area contributed by atoms with Crippen molar-refractivity contribution in [3.8, 4) is 5.75 Å². The Kier molecular flexibility index (Phi) is 3.10. The fraction of sp³-hybridized carbons (Fsp3) is 0.143. The van der Waals surface area contributed by atoms with Crippen LogP contribution in [0.2, 0.25) is 0 Å². The van der Waals surface area contributed by atoms with Crippen LogP contribution in [0.4, 0.5) is 10.1 Å². The Morgan fingerprint density at radius 3 is 2.60 bits per heavy atom. The van der Waals surface area contributed by atoms with Gasteiger partial charge < -0.3 is 4.74 Å². The van der Waals surface area contributed by atoms with Gasteiger partial charge in [-0.15, -0.1) is 0 Å². The molecule has 0 amide bonds. The second-order valence-electron chi connectivity index (χ2n) is 4.35. The third-order valence-electron chi connectivity index (χ3n) is 3.07. The Bertz CT molecular complexity index is 731. The molecule has 2 aromatic rings. The zero-order valence-corrected chi connectivity index (χ0v) is 11.3. The van der Waals surface area contributed by atoms with Gasteiger partial charge >= 0.3 is 0 Å². The average molecular weight is 293 g/mol. The van der Waals surface area contributed by atoms with Crippen LogP contribution in [-0.4, -0.2) is 21.6 Å². The zero-order valence-electron chi connectivity index (χ0n) is 10.5. The topological polar surface area (TPSA) is 46.6 Å². The van der Waals surface area contributed by atoms with Crippen molar-refractivity contribution in [2.24, 2.45) is 0 Å². The van der Waals surface area contributed by atoms with Crippen LogP contribution in [0.3, 0.4) is 0 Å². The van der Waals surface area contributed by atoms with E-state index in [1.165, 1.54) is 34.6 Å². The van der Waals surface area contributed by atoms with Crippen LogP contribution in [0.25, 0.3) is 0 Å². The highest BCUT2D eigenvalue weighted by atomic mass is 32.2. The predicted molar refractivity (Wildman–Crippen MR) is 72.9 cm³/mol. The van der Waals surface area contributed by atoms with Gasteiger partial charge in [0.05, 0.1) is 17.1 Å². The third-order valence-corrected chi connectivity index (χ3v) is 4.90. The highest BCUT2D eigenvalue weighted by Gasteiger charge is 2.30. The number of sulfonamides is 1. The van der Waals surface area contributed by atoms with E-state index in [0.717, 1.165) is 0 Å². The van der Waals surface area contributed by atoms with Gasteiger partial charge in [0, 0.05) is 6.07 Å². The molecule has 0 unspecified atom stereocenters. The highest BCUT2D eigenvalue weighted by Crippen LogP contribution is 2.35. The Balaban J connectivity index is 2.11. The molecule has 0 aliphatic carbocycles. The number of anilines is 1. The Morgan fingerprint density at radius 1 is 1.10 bits per heavy atom. The molecular formula is C14H12FNO3S. The van der Waals surface area contributed by atoms with E-state index in [2.05, 4.69) is 0 Å². The van der Waals surface area contributed by atoms with Crippen molar-refractivity contribution in [2.75, 3.05) is 17.5 Å². The van der Waals surface area contributed by atoms with Crippen LogP contribution in [0.1, 0.15) is 0 Å². The van der Waals surface area contributed by atoms with Crippen LogP contribution in [0.5, 0.6) is 5.75 Å². The molecule has 1 aliphatic heterocycles. The van der Waals surface area contributed by atoms with Crippen LogP contribution in [0, 0.1) is 5.82 Å². The lowest BCUT2D eigenvalue weighted by molar-refractivity contribution is 0.315. The summed E-state index contributed by atoms with van der Waals surface area (Å²) < 4.78 is 45.2. The molecule has 0 atom stereocenters. The van der Waals surface area contributed by atoms with E-state index in [1.807, 2.05) is 0 Å². The van der Waals surface area contributed by atoms with Crippen molar-refractivity contribution in [3.05, 3.63) is 54.3 Å². The molecule has 0 N–H and O–H groups in total. The SMILES string of the molecule is O=S(=O)(c1ccccc1)N1CCOc2ccc(F)cc21. The van der Waals surface area contributed by atoms with Gasteiger partial charge in [-0.3, -0.25) is 4.31 Å². The molecule has 0 radical (unpaired) electrons. The first-order valence-electron chi connectivity index (χ1n) is 6.09. The highest BCUT2D eigenvalue weighted by molar-refractivity contribution is 7.92. The van der Waals surface area contributed by atoms with E-state index in [1.54, 1.807) is 18.2 Å². The quantitative estimate of drug-likeness (QED) is 0.854. The van der Waals surface area contributed by atoms with E-state index >= 15 is 0 Å². The van der Waals surface area contributed by atoms with Crippen molar-refractivity contribution in [3.63, 3.8) is 0 Å². The fourth-order valence-electron chi connectivity index (χ4n) is 2.14. The molecule has 0 saturated heterocycles. The molecule has 0 saturated carbocycles. The second kappa shape index (κ2) is 4.79. The average Bonchev–Trinajstić information content (AvgIpc) is 2.47. The second-order valence-corrected chi connectivity index (χ2v) is 6.21. The predicted octanol–water partition coefficient (Wildman–Crippen LogP) is 2.41. The zero-order chi connectivity index (χ0) is 14.2. The minimum atomic E-state index is -3.71. The molecule has 1 aliphatic rings. The van der Waals surface area contributed by atoms with E-state index in [9.17, 15) is 12.8 Å². The summed E-state index contributed by atoms with van der Waals surface area (Å²) in [5.41, 5.74) is 0.236. The van der Waals surface area contributed by atoms with Crippen molar-refractivity contribution in [1.82, 2.24) is 0 Å². The van der Waals surface area contributed by atoms with Crippen molar-refractivity contribution >= 4 is 15.7 Å². The van der Waals surface area contributed by atoms with Crippen LogP contribution < -0.4 is 9.04 Å². The number of nitrogens with zero attached hydrogens (tertiary/aromatic N) is 1. The molecule has 2 aromatic carbocycles. The summed E-state index contributed by atoms with van der Waals surface area (Å²) in [6.07, 6.45) is 0. The van der Waals surface area contributed by atoms with Gasteiger partial charge in [-0.2, -0.15) is 0 Å². The number of hydrogen-bond acceptors (Lipinski definition) is 3. The molecule has 0 spiro atoms. The van der Waals surface area contributed by atoms with Crippen LogP contribution in [-0.2, 0) is 10.0 Å². The molecule has 104 valence electrons. The summed E-state index contributed by atoms with van der Waals surface area (Å²) in [7, 11) is -3.71. The lowest BCUT2D eigenvalue weighted by Gasteiger charge is -2.30. The lowest BCUT2D eigenvalue weighted by atomic mass is 10.2. The Hall–Kier alpha value is -2.08. The largest absolute Gasteiger partial charge is 0.489 e. The molecular weight excluding hydrogens is 281 g/mol. The van der Waals surface area contributed by atoms with E-state index in [0.29, 0.717) is 5.75 Å². The minimum absolute atomic E-state index is 0.160. The number of rotatable bonds is 2. The summed E-state index contributed by atoms with van der Waals surface area (Å²) in [5.74, 6) is -0.125. The van der Waals surface area contributed by atoms with Gasteiger partial charge in [0.25, 0.3) is 10.0 Å². The standard InChI is InChI=1S/C14H12FNO3S/c15-11-6-7-14-13(10-11)16(8-9-19-14)20(17,18)12-4-2-1-3-5-12/h1-7,10H,8-9H2. The van der Waals surface area contributed by atoms with Gasteiger partial charge in [-0.1, -0.05) is 18.2 Å². The van der Waals surface area contributed by atoms with Gasteiger partial charge in [0.1, 0.15) is 18.2 Å². The van der Waals surface area contributed by atoms with Gasteiger partial charge in [0.15, 0.2) is 0 Å². The van der Waals surface area contributed by atoms with E-state index in [-0.39, 0.29) is 23.7 Å². The maximum absolute atomic E-state index is 13.4. The van der Waals surface area contributed by atoms with Crippen LogP contribution >= 0.6 is 0 Å². The Labute approximate surface area is 116 Å². The van der Waals surface area contributed by atoms with Crippen molar-refractivity contribution in [1.29, 1.82) is 0 Å². The lowest BCUT2D eigenvalue weighted by Crippen LogP contribution is -2.37. The maximum Gasteiger partial charge on any atom is 0.264 e. The van der Waals surface area contributed by atoms with Gasteiger partial charge in [-0.25, -0.2) is 12.8 Å². The molecule has 0 bridgehead atoms. The summed E-state index contributed by atoms with van der Waals surface area (Å²) in [6, 6.07) is 11.9. The number of ether oxygens (including phenoxy) is 1. The Morgan fingerprint density at radius 2 is 1.85 bits per heavy atom. The van der Waals surface area contributed by atoms with Crippen LogP contribution in [0.15, 0.2) is 53.4 Å². The molecule has 3 rings (SSSR count). The van der Waals surface area contributed by atoms with E-state index in [4.69, 9.17) is 4.74 Å². The summed E-state index contributed by atoms with van der Waals surface area (Å²) in [6.45, 7) is 0.401. The fourth-order valence-corrected chi connectivity index (χ4v) is 3.61. The number of fused-ring (bicyclic) bond motifs is 1. The molecule has 6 heteroatoms. The summed E-state index contributed by atoms with van der Waals surface area (Å²) in [5, 5.41) is 0. The maximum atomic E-state index is 13.4. The molecule has 1 heterocycles. The molecule has 20 heavy (non-hydrogen) atoms. The number of benzene rings is 2. The first kappa shape index (κ1) is 12.9. The monoisotopic (exact) mass is 293 g/mol. The summed E-state index contributed by atoms with van der Waals surface area (Å²) in [4.78, 5) is 0.178. The summed E-state index contributed by atoms with van der Waals surface area (Å²) >= 11 is 0. The van der Waals surface area contributed by atoms with E-state index < -0.39 is 15.8 Å². The number of halogens is 1. The van der Waals surface area contributed by atoms with Crippen molar-refractivity contribution in [2.45, 2.75) is 4.90 Å².